The lowest BCUT2D eigenvalue weighted by atomic mass is 9.98. The van der Waals surface area contributed by atoms with Gasteiger partial charge in [0.05, 0.1) is 0 Å². The summed E-state index contributed by atoms with van der Waals surface area (Å²) in [6.07, 6.45) is 3.05. The SMILES string of the molecule is CC(C)CN1CCC(CNC(=O)N2CCC(CO)CC2)C1. The van der Waals surface area contributed by atoms with Gasteiger partial charge >= 0.3 is 6.03 Å². The van der Waals surface area contributed by atoms with Crippen LogP contribution in [0.1, 0.15) is 33.1 Å². The number of hydrogen-bond acceptors (Lipinski definition) is 3. The Morgan fingerprint density at radius 3 is 2.48 bits per heavy atom. The molecule has 2 amide bonds. The van der Waals surface area contributed by atoms with E-state index in [1.54, 1.807) is 0 Å². The molecule has 21 heavy (non-hydrogen) atoms. The Morgan fingerprint density at radius 2 is 1.86 bits per heavy atom. The maximum Gasteiger partial charge on any atom is 0.317 e. The molecule has 0 aromatic carbocycles. The third-order valence-electron chi connectivity index (χ3n) is 4.70. The number of carbonyl (C=O) groups is 1. The van der Waals surface area contributed by atoms with Crippen LogP contribution in [-0.4, -0.2) is 66.8 Å². The predicted molar refractivity (Wildman–Crippen MR) is 84.2 cm³/mol. The molecule has 0 saturated carbocycles. The van der Waals surface area contributed by atoms with Gasteiger partial charge in [-0.15, -0.1) is 0 Å². The number of likely N-dealkylation sites (tertiary alicyclic amines) is 2. The molecule has 1 atom stereocenters. The molecule has 1 unspecified atom stereocenters. The zero-order valence-electron chi connectivity index (χ0n) is 13.6. The van der Waals surface area contributed by atoms with E-state index in [9.17, 15) is 4.79 Å². The molecule has 0 aromatic heterocycles. The Hall–Kier alpha value is -0.810. The van der Waals surface area contributed by atoms with E-state index in [-0.39, 0.29) is 12.6 Å². The lowest BCUT2D eigenvalue weighted by Gasteiger charge is -2.31. The molecule has 2 saturated heterocycles. The van der Waals surface area contributed by atoms with Crippen molar-refractivity contribution in [2.75, 3.05) is 45.9 Å². The second-order valence-corrected chi connectivity index (χ2v) is 7.11. The van der Waals surface area contributed by atoms with Crippen LogP contribution < -0.4 is 5.32 Å². The third-order valence-corrected chi connectivity index (χ3v) is 4.70. The lowest BCUT2D eigenvalue weighted by Crippen LogP contribution is -2.46. The van der Waals surface area contributed by atoms with Gasteiger partial charge < -0.3 is 20.2 Å². The number of nitrogens with one attached hydrogen (secondary N) is 1. The zero-order valence-corrected chi connectivity index (χ0v) is 13.6. The molecule has 0 aliphatic carbocycles. The van der Waals surface area contributed by atoms with Gasteiger partial charge in [-0.3, -0.25) is 0 Å². The molecule has 2 rings (SSSR count). The van der Waals surface area contributed by atoms with E-state index in [1.807, 2.05) is 4.90 Å². The van der Waals surface area contributed by atoms with Crippen molar-refractivity contribution in [3.05, 3.63) is 0 Å². The second-order valence-electron chi connectivity index (χ2n) is 7.11. The van der Waals surface area contributed by atoms with E-state index in [2.05, 4.69) is 24.1 Å². The predicted octanol–water partition coefficient (Wildman–Crippen LogP) is 1.38. The number of aliphatic hydroxyl groups excluding tert-OH is 1. The molecule has 122 valence electrons. The Labute approximate surface area is 128 Å². The van der Waals surface area contributed by atoms with Crippen LogP contribution in [0, 0.1) is 17.8 Å². The van der Waals surface area contributed by atoms with E-state index in [0.717, 1.165) is 39.0 Å². The summed E-state index contributed by atoms with van der Waals surface area (Å²) >= 11 is 0. The Morgan fingerprint density at radius 1 is 1.19 bits per heavy atom. The van der Waals surface area contributed by atoms with Gasteiger partial charge in [0.15, 0.2) is 0 Å². The second kappa shape index (κ2) is 7.99. The van der Waals surface area contributed by atoms with Gasteiger partial charge in [0.25, 0.3) is 0 Å². The summed E-state index contributed by atoms with van der Waals surface area (Å²) < 4.78 is 0. The molecule has 0 spiro atoms. The minimum Gasteiger partial charge on any atom is -0.396 e. The normalized spacial score (nSPS) is 24.8. The van der Waals surface area contributed by atoms with Crippen LogP contribution in [0.2, 0.25) is 0 Å². The summed E-state index contributed by atoms with van der Waals surface area (Å²) in [5, 5.41) is 12.2. The highest BCUT2D eigenvalue weighted by Gasteiger charge is 2.25. The lowest BCUT2D eigenvalue weighted by molar-refractivity contribution is 0.136. The number of amides is 2. The summed E-state index contributed by atoms with van der Waals surface area (Å²) in [5.41, 5.74) is 0. The van der Waals surface area contributed by atoms with Crippen LogP contribution in [0.5, 0.6) is 0 Å². The number of hydrogen-bond donors (Lipinski definition) is 2. The first-order valence-electron chi connectivity index (χ1n) is 8.44. The highest BCUT2D eigenvalue weighted by molar-refractivity contribution is 5.74. The van der Waals surface area contributed by atoms with Gasteiger partial charge in [-0.05, 0) is 43.6 Å². The molecule has 2 heterocycles. The highest BCUT2D eigenvalue weighted by Crippen LogP contribution is 2.18. The van der Waals surface area contributed by atoms with Gasteiger partial charge in [-0.25, -0.2) is 4.79 Å². The average Bonchev–Trinajstić information content (AvgIpc) is 2.91. The number of aliphatic hydroxyl groups is 1. The Balaban J connectivity index is 1.63. The van der Waals surface area contributed by atoms with Gasteiger partial charge in [0.2, 0.25) is 0 Å². The van der Waals surface area contributed by atoms with Gasteiger partial charge in [-0.2, -0.15) is 0 Å². The third kappa shape index (κ3) is 5.15. The maximum absolute atomic E-state index is 12.1. The van der Waals surface area contributed by atoms with Crippen molar-refractivity contribution in [1.29, 1.82) is 0 Å². The molecule has 2 aliphatic heterocycles. The van der Waals surface area contributed by atoms with E-state index in [0.29, 0.717) is 17.8 Å². The van der Waals surface area contributed by atoms with Crippen molar-refractivity contribution in [3.8, 4) is 0 Å². The van der Waals surface area contributed by atoms with Gasteiger partial charge in [0.1, 0.15) is 0 Å². The summed E-state index contributed by atoms with van der Waals surface area (Å²) in [6.45, 7) is 10.6. The number of carbonyl (C=O) groups excluding carboxylic acids is 1. The largest absolute Gasteiger partial charge is 0.396 e. The first kappa shape index (κ1) is 16.6. The smallest absolute Gasteiger partial charge is 0.317 e. The first-order valence-corrected chi connectivity index (χ1v) is 8.44. The van der Waals surface area contributed by atoms with Gasteiger partial charge in [0, 0.05) is 39.3 Å². The molecular weight excluding hydrogens is 266 g/mol. The molecule has 0 radical (unpaired) electrons. The van der Waals surface area contributed by atoms with Crippen molar-refractivity contribution >= 4 is 6.03 Å². The summed E-state index contributed by atoms with van der Waals surface area (Å²) in [4.78, 5) is 16.6. The van der Waals surface area contributed by atoms with Crippen LogP contribution in [0.25, 0.3) is 0 Å². The quantitative estimate of drug-likeness (QED) is 0.806. The van der Waals surface area contributed by atoms with E-state index < -0.39 is 0 Å². The summed E-state index contributed by atoms with van der Waals surface area (Å²) in [7, 11) is 0. The zero-order chi connectivity index (χ0) is 15.2. The number of urea groups is 1. The molecule has 0 bridgehead atoms. The van der Waals surface area contributed by atoms with Crippen molar-refractivity contribution in [2.45, 2.75) is 33.1 Å². The fraction of sp³-hybridized carbons (Fsp3) is 0.938. The Bertz CT molecular complexity index is 327. The van der Waals surface area contributed by atoms with Crippen LogP contribution in [0.15, 0.2) is 0 Å². The number of piperidine rings is 1. The topological polar surface area (TPSA) is 55.8 Å². The fourth-order valence-corrected chi connectivity index (χ4v) is 3.42. The molecule has 5 heteroatoms. The van der Waals surface area contributed by atoms with E-state index >= 15 is 0 Å². The van der Waals surface area contributed by atoms with Crippen LogP contribution >= 0.6 is 0 Å². The fourth-order valence-electron chi connectivity index (χ4n) is 3.42. The maximum atomic E-state index is 12.1. The molecule has 2 N–H and O–H groups in total. The van der Waals surface area contributed by atoms with E-state index in [4.69, 9.17) is 5.11 Å². The van der Waals surface area contributed by atoms with Gasteiger partial charge in [-0.1, -0.05) is 13.8 Å². The molecule has 2 aliphatic rings. The van der Waals surface area contributed by atoms with Crippen molar-refractivity contribution < 1.29 is 9.90 Å². The molecular formula is C16H31N3O2. The highest BCUT2D eigenvalue weighted by atomic mass is 16.3. The Kier molecular flexibility index (Phi) is 6.30. The molecule has 0 aromatic rings. The van der Waals surface area contributed by atoms with E-state index in [1.165, 1.54) is 19.5 Å². The van der Waals surface area contributed by atoms with Crippen LogP contribution in [-0.2, 0) is 0 Å². The molecule has 2 fully saturated rings. The summed E-state index contributed by atoms with van der Waals surface area (Å²) in [6, 6.07) is 0.0775. The number of rotatable bonds is 5. The first-order chi connectivity index (χ1) is 10.1. The molecule has 5 nitrogen and oxygen atoms in total. The van der Waals surface area contributed by atoms with Crippen molar-refractivity contribution in [3.63, 3.8) is 0 Å². The number of nitrogens with zero attached hydrogens (tertiary/aromatic N) is 2. The average molecular weight is 297 g/mol. The van der Waals surface area contributed by atoms with Crippen molar-refractivity contribution in [1.82, 2.24) is 15.1 Å². The minimum absolute atomic E-state index is 0.0775. The van der Waals surface area contributed by atoms with Crippen LogP contribution in [0.4, 0.5) is 4.79 Å². The summed E-state index contributed by atoms with van der Waals surface area (Å²) in [5.74, 6) is 1.70. The van der Waals surface area contributed by atoms with Crippen molar-refractivity contribution in [2.24, 2.45) is 17.8 Å². The standard InChI is InChI=1S/C16H31N3O2/c1-13(2)10-18-6-3-15(11-18)9-17-16(21)19-7-4-14(12-20)5-8-19/h13-15,20H,3-12H2,1-2H3,(H,17,21). The van der Waals surface area contributed by atoms with Crippen LogP contribution in [0.3, 0.4) is 0 Å². The minimum atomic E-state index is 0.0775. The monoisotopic (exact) mass is 297 g/mol.